The summed E-state index contributed by atoms with van der Waals surface area (Å²) in [7, 11) is -2.80. The van der Waals surface area contributed by atoms with Crippen LogP contribution in [0.15, 0.2) is 0 Å². The summed E-state index contributed by atoms with van der Waals surface area (Å²) in [5, 5.41) is 0. The lowest BCUT2D eigenvalue weighted by atomic mass is 11.8. The van der Waals surface area contributed by atoms with Gasteiger partial charge < -0.3 is 9.30 Å². The molecule has 0 aliphatic carbocycles. The lowest BCUT2D eigenvalue weighted by Gasteiger charge is -2.28. The quantitative estimate of drug-likeness (QED) is 0.779. The minimum Gasteiger partial charge on any atom is -0.365 e. The molecule has 0 fully saturated rings. The van der Waals surface area contributed by atoms with Crippen molar-refractivity contribution in [1.82, 2.24) is 9.30 Å². The smallest absolute Gasteiger partial charge is 0.109 e. The second-order valence-corrected chi connectivity index (χ2v) is 23.1. The van der Waals surface area contributed by atoms with Crippen molar-refractivity contribution in [3.8, 4) is 0 Å². The number of hydrogen-bond acceptors (Lipinski definition) is 2. The van der Waals surface area contributed by atoms with Crippen molar-refractivity contribution in [2.45, 2.75) is 65.5 Å². The van der Waals surface area contributed by atoms with E-state index in [2.05, 4.69) is 74.8 Å². The zero-order valence-electron chi connectivity index (χ0n) is 13.2. The van der Waals surface area contributed by atoms with E-state index in [0.717, 1.165) is 0 Å². The van der Waals surface area contributed by atoms with Crippen LogP contribution in [0.3, 0.4) is 0 Å². The summed E-state index contributed by atoms with van der Waals surface area (Å²) in [5.74, 6) is 0. The van der Waals surface area contributed by atoms with Crippen LogP contribution in [-0.4, -0.2) is 34.4 Å². The lowest BCUT2D eigenvalue weighted by Crippen LogP contribution is -2.55. The molecule has 100 valence electrons. The van der Waals surface area contributed by atoms with E-state index in [9.17, 15) is 0 Å². The Morgan fingerprint density at radius 3 is 0.875 bits per heavy atom. The summed E-state index contributed by atoms with van der Waals surface area (Å²) in [6, 6.07) is 0. The molecule has 0 atom stereocenters. The maximum absolute atomic E-state index is 3.74. The van der Waals surface area contributed by atoms with E-state index in [0.29, 0.717) is 0 Å². The molecule has 0 aliphatic rings. The molecule has 0 radical (unpaired) electrons. The molecular weight excluding hydrogens is 260 g/mol. The molecule has 0 aromatic heterocycles. The third-order valence-corrected chi connectivity index (χ3v) is 12.8. The predicted molar refractivity (Wildman–Crippen MR) is 90.7 cm³/mol. The monoisotopic (exact) mass is 294 g/mol. The van der Waals surface area contributed by atoms with E-state index in [1.807, 2.05) is 0 Å². The largest absolute Gasteiger partial charge is 0.365 e. The van der Waals surface area contributed by atoms with Crippen molar-refractivity contribution in [2.75, 3.05) is 0 Å². The molecule has 0 rings (SSSR count). The van der Waals surface area contributed by atoms with Gasteiger partial charge in [0.25, 0.3) is 0 Å². The summed E-state index contributed by atoms with van der Waals surface area (Å²) in [6.07, 6.45) is 0. The molecule has 0 saturated heterocycles. The highest BCUT2D eigenvalue weighted by atomic mass is 28.4. The molecule has 0 bridgehead atoms. The molecule has 16 heavy (non-hydrogen) atoms. The third-order valence-electron chi connectivity index (χ3n) is 1.42. The van der Waals surface area contributed by atoms with Crippen molar-refractivity contribution < 1.29 is 0 Å². The van der Waals surface area contributed by atoms with E-state index in [-0.39, 0.29) is 0 Å². The first-order valence-electron chi connectivity index (χ1n) is 6.39. The first-order chi connectivity index (χ1) is 6.83. The van der Waals surface area contributed by atoms with Gasteiger partial charge in [-0.2, -0.15) is 0 Å². The predicted octanol–water partition coefficient (Wildman–Crippen LogP) is 2.79. The van der Waals surface area contributed by atoms with Gasteiger partial charge in [0.1, 0.15) is 16.5 Å². The highest BCUT2D eigenvalue weighted by Crippen LogP contribution is 2.02. The summed E-state index contributed by atoms with van der Waals surface area (Å²) in [4.78, 5) is 0. The van der Waals surface area contributed by atoms with E-state index in [1.54, 1.807) is 0 Å². The molecule has 0 aromatic carbocycles. The minimum atomic E-state index is -0.981. The normalized spacial score (nSPS) is 12.8. The molecule has 0 saturated carbocycles. The number of rotatable bonds is 4. The summed E-state index contributed by atoms with van der Waals surface area (Å²) < 4.78 is 7.32. The third kappa shape index (κ3) is 24.2. The average molecular weight is 295 g/mol. The van der Waals surface area contributed by atoms with Gasteiger partial charge in [-0.1, -0.05) is 65.5 Å². The lowest BCUT2D eigenvalue weighted by molar-refractivity contribution is 1.30. The molecule has 2 nitrogen and oxygen atoms in total. The maximum atomic E-state index is 3.74. The molecular formula is C10H34N2Si4. The second-order valence-electron chi connectivity index (χ2n) is 7.10. The Labute approximate surface area is 109 Å². The molecule has 0 spiro atoms. The molecule has 0 aliphatic heterocycles. The van der Waals surface area contributed by atoms with E-state index in [4.69, 9.17) is 0 Å². The van der Waals surface area contributed by atoms with Crippen molar-refractivity contribution >= 4 is 34.4 Å². The van der Waals surface area contributed by atoms with Crippen LogP contribution in [0, 0.1) is 0 Å². The molecule has 0 amide bonds. The molecule has 2 N–H and O–H groups in total. The van der Waals surface area contributed by atoms with Crippen LogP contribution in [0.2, 0.25) is 65.5 Å². The fraction of sp³-hybridized carbons (Fsp3) is 1.00. The Morgan fingerprint density at radius 2 is 0.875 bits per heavy atom. The molecule has 0 aromatic rings. The van der Waals surface area contributed by atoms with Crippen molar-refractivity contribution in [3.63, 3.8) is 0 Å². The van der Waals surface area contributed by atoms with Gasteiger partial charge >= 0.3 is 0 Å². The van der Waals surface area contributed by atoms with E-state index in [1.165, 1.54) is 0 Å². The SMILES string of the molecule is C[SiH](C)N[SiH](C)C.C[Si](C)(C)N[Si](C)(C)C. The highest BCUT2D eigenvalue weighted by Gasteiger charge is 2.22. The van der Waals surface area contributed by atoms with Crippen LogP contribution in [0.4, 0.5) is 0 Å². The Morgan fingerprint density at radius 1 is 0.625 bits per heavy atom. The van der Waals surface area contributed by atoms with Crippen molar-refractivity contribution in [2.24, 2.45) is 0 Å². The molecule has 0 heterocycles. The second kappa shape index (κ2) is 7.99. The average Bonchev–Trinajstić information content (AvgIpc) is 1.72. The Hall–Kier alpha value is 0.788. The summed E-state index contributed by atoms with van der Waals surface area (Å²) in [5.41, 5.74) is 0. The Bertz CT molecular complexity index is 153. The van der Waals surface area contributed by atoms with E-state index >= 15 is 0 Å². The zero-order valence-corrected chi connectivity index (χ0v) is 17.5. The molecule has 6 heteroatoms. The highest BCUT2D eigenvalue weighted by molar-refractivity contribution is 6.90. The fourth-order valence-electron chi connectivity index (χ4n) is 1.79. The van der Waals surface area contributed by atoms with Gasteiger partial charge in [-0.15, -0.1) is 0 Å². The first-order valence-corrected chi connectivity index (χ1v) is 19.2. The van der Waals surface area contributed by atoms with Crippen LogP contribution in [0.25, 0.3) is 0 Å². The van der Waals surface area contributed by atoms with Crippen LogP contribution < -0.4 is 9.30 Å². The minimum absolute atomic E-state index is 0.417. The maximum Gasteiger partial charge on any atom is 0.109 e. The standard InChI is InChI=1S/C6H19NSi2.C4H15NSi2/c1-8(2,3)7-9(4,5)6;1-6(2)5-7(3)4/h7H,1-6H3;5-7H,1-4H3. The van der Waals surface area contributed by atoms with Crippen LogP contribution in [0.1, 0.15) is 0 Å². The zero-order chi connectivity index (χ0) is 13.6. The van der Waals surface area contributed by atoms with Gasteiger partial charge in [-0.25, -0.2) is 0 Å². The number of hydrogen-bond donors (Lipinski definition) is 2. The summed E-state index contributed by atoms with van der Waals surface area (Å²) in [6.45, 7) is 23.4. The van der Waals surface area contributed by atoms with Gasteiger partial charge in [-0.05, 0) is 0 Å². The summed E-state index contributed by atoms with van der Waals surface area (Å²) >= 11 is 0. The molecule has 0 unspecified atom stereocenters. The van der Waals surface area contributed by atoms with Crippen molar-refractivity contribution in [1.29, 1.82) is 0 Å². The van der Waals surface area contributed by atoms with Gasteiger partial charge in [0.2, 0.25) is 0 Å². The van der Waals surface area contributed by atoms with E-state index < -0.39 is 34.4 Å². The van der Waals surface area contributed by atoms with Gasteiger partial charge in [0, 0.05) is 0 Å². The van der Waals surface area contributed by atoms with Crippen molar-refractivity contribution in [3.05, 3.63) is 0 Å². The van der Waals surface area contributed by atoms with Crippen LogP contribution in [-0.2, 0) is 0 Å². The van der Waals surface area contributed by atoms with Gasteiger partial charge in [0.05, 0.1) is 17.9 Å². The fourth-order valence-corrected chi connectivity index (χ4v) is 16.1. The Kier molecular flexibility index (Phi) is 9.55. The Balaban J connectivity index is 0. The van der Waals surface area contributed by atoms with Crippen LogP contribution >= 0.6 is 0 Å². The van der Waals surface area contributed by atoms with Gasteiger partial charge in [0.15, 0.2) is 0 Å². The number of nitrogens with one attached hydrogen (secondary N) is 2. The topological polar surface area (TPSA) is 24.1 Å². The van der Waals surface area contributed by atoms with Gasteiger partial charge in [-0.3, -0.25) is 0 Å². The van der Waals surface area contributed by atoms with Crippen LogP contribution in [0.5, 0.6) is 0 Å². The first kappa shape index (κ1) is 19.1.